The number of methoxy groups -OCH3 is 2. The van der Waals surface area contributed by atoms with Crippen molar-refractivity contribution in [2.24, 2.45) is 0 Å². The number of benzene rings is 1. The Morgan fingerprint density at radius 1 is 1.25 bits per heavy atom. The van der Waals surface area contributed by atoms with E-state index in [4.69, 9.17) is 14.0 Å². The highest BCUT2D eigenvalue weighted by molar-refractivity contribution is 5.92. The van der Waals surface area contributed by atoms with Gasteiger partial charge in [-0.1, -0.05) is 5.16 Å². The fraction of sp³-hybridized carbons (Fsp3) is 0.294. The molecule has 0 aliphatic rings. The second-order valence-electron chi connectivity index (χ2n) is 5.66. The van der Waals surface area contributed by atoms with E-state index >= 15 is 0 Å². The number of nitrogens with one attached hydrogen (secondary N) is 1. The summed E-state index contributed by atoms with van der Waals surface area (Å²) < 4.78 is 41.5. The Labute approximate surface area is 158 Å². The Morgan fingerprint density at radius 3 is 2.64 bits per heavy atom. The first-order valence-corrected chi connectivity index (χ1v) is 8.10. The lowest BCUT2D eigenvalue weighted by atomic mass is 10.2. The van der Waals surface area contributed by atoms with Crippen LogP contribution in [0.5, 0.6) is 11.5 Å². The van der Waals surface area contributed by atoms with Gasteiger partial charge in [0.2, 0.25) is 11.7 Å². The van der Waals surface area contributed by atoms with Crippen LogP contribution in [0.3, 0.4) is 0 Å². The Hall–Kier alpha value is -3.50. The van der Waals surface area contributed by atoms with E-state index in [0.717, 1.165) is 0 Å². The zero-order chi connectivity index (χ0) is 20.3. The fourth-order valence-electron chi connectivity index (χ4n) is 2.46. The van der Waals surface area contributed by atoms with Crippen molar-refractivity contribution in [2.75, 3.05) is 14.2 Å². The maximum absolute atomic E-state index is 12.7. The minimum absolute atomic E-state index is 0.0836. The van der Waals surface area contributed by atoms with Gasteiger partial charge in [0.1, 0.15) is 0 Å². The lowest BCUT2D eigenvalue weighted by Gasteiger charge is -2.07. The van der Waals surface area contributed by atoms with Crippen LogP contribution in [-0.2, 0) is 6.54 Å². The number of nitrogens with zero attached hydrogens (tertiary/aromatic N) is 4. The number of alkyl halides is 2. The number of halogens is 2. The molecule has 11 heteroatoms. The van der Waals surface area contributed by atoms with Crippen LogP contribution in [0.25, 0.3) is 11.4 Å². The quantitative estimate of drug-likeness (QED) is 0.658. The monoisotopic (exact) mass is 393 g/mol. The van der Waals surface area contributed by atoms with Crippen LogP contribution in [0.2, 0.25) is 0 Å². The molecule has 148 valence electrons. The van der Waals surface area contributed by atoms with E-state index in [0.29, 0.717) is 27.6 Å². The van der Waals surface area contributed by atoms with Crippen LogP contribution in [0.15, 0.2) is 28.8 Å². The molecular formula is C17H17F2N5O4. The first kappa shape index (κ1) is 19.3. The molecule has 0 aliphatic carbocycles. The highest BCUT2D eigenvalue weighted by Gasteiger charge is 2.18. The van der Waals surface area contributed by atoms with Gasteiger partial charge in [0.25, 0.3) is 5.91 Å². The van der Waals surface area contributed by atoms with Crippen molar-refractivity contribution in [2.45, 2.75) is 20.0 Å². The molecular weight excluding hydrogens is 376 g/mol. The highest BCUT2D eigenvalue weighted by Crippen LogP contribution is 2.31. The molecule has 0 atom stereocenters. The average molecular weight is 393 g/mol. The predicted molar refractivity (Wildman–Crippen MR) is 92.2 cm³/mol. The third kappa shape index (κ3) is 3.92. The average Bonchev–Trinajstić information content (AvgIpc) is 3.32. The van der Waals surface area contributed by atoms with Crippen molar-refractivity contribution >= 4 is 5.91 Å². The number of hydrogen-bond acceptors (Lipinski definition) is 7. The van der Waals surface area contributed by atoms with Crippen LogP contribution >= 0.6 is 0 Å². The highest BCUT2D eigenvalue weighted by atomic mass is 19.3. The summed E-state index contributed by atoms with van der Waals surface area (Å²) in [7, 11) is 3.04. The number of aryl methyl sites for hydroxylation is 1. The van der Waals surface area contributed by atoms with Crippen molar-refractivity contribution in [3.05, 3.63) is 41.5 Å². The number of carbonyl (C=O) groups excluding carboxylic acids is 1. The summed E-state index contributed by atoms with van der Waals surface area (Å²) in [5.41, 5.74) is 0.677. The summed E-state index contributed by atoms with van der Waals surface area (Å²) in [6, 6.07) is 6.39. The van der Waals surface area contributed by atoms with Gasteiger partial charge < -0.3 is 19.3 Å². The lowest BCUT2D eigenvalue weighted by Crippen LogP contribution is -2.23. The van der Waals surface area contributed by atoms with E-state index in [1.54, 1.807) is 18.2 Å². The minimum atomic E-state index is -2.82. The largest absolute Gasteiger partial charge is 0.493 e. The van der Waals surface area contributed by atoms with Crippen molar-refractivity contribution < 1.29 is 27.6 Å². The summed E-state index contributed by atoms with van der Waals surface area (Å²) >= 11 is 0. The summed E-state index contributed by atoms with van der Waals surface area (Å²) in [6.07, 6.45) is 0. The standard InChI is InChI=1S/C17H17F2N5O4/c1-9-6-11(22-24(9)17(18)19)16(25)20-8-14-21-15(23-28-14)10-4-5-12(26-2)13(7-10)27-3/h4-7,17H,8H2,1-3H3,(H,20,25). The van der Waals surface area contributed by atoms with Gasteiger partial charge in [0, 0.05) is 11.3 Å². The van der Waals surface area contributed by atoms with E-state index < -0.39 is 12.5 Å². The number of ether oxygens (including phenoxy) is 2. The van der Waals surface area contributed by atoms with Gasteiger partial charge in [-0.25, -0.2) is 4.68 Å². The second-order valence-corrected chi connectivity index (χ2v) is 5.66. The Kier molecular flexibility index (Phi) is 5.52. The van der Waals surface area contributed by atoms with Crippen molar-refractivity contribution in [3.8, 4) is 22.9 Å². The Balaban J connectivity index is 1.68. The van der Waals surface area contributed by atoms with Crippen molar-refractivity contribution in [1.82, 2.24) is 25.2 Å². The van der Waals surface area contributed by atoms with Gasteiger partial charge in [-0.05, 0) is 31.2 Å². The second kappa shape index (κ2) is 8.03. The molecule has 2 aromatic heterocycles. The first-order valence-electron chi connectivity index (χ1n) is 8.10. The van der Waals surface area contributed by atoms with Crippen LogP contribution in [0.1, 0.15) is 28.6 Å². The molecule has 1 amide bonds. The first-order chi connectivity index (χ1) is 13.4. The van der Waals surface area contributed by atoms with Gasteiger partial charge in [0.05, 0.1) is 20.8 Å². The lowest BCUT2D eigenvalue weighted by molar-refractivity contribution is 0.0538. The number of hydrogen-bond donors (Lipinski definition) is 1. The Morgan fingerprint density at radius 2 is 2.00 bits per heavy atom. The molecule has 9 nitrogen and oxygen atoms in total. The molecule has 0 radical (unpaired) electrons. The molecule has 28 heavy (non-hydrogen) atoms. The number of rotatable bonds is 7. The normalized spacial score (nSPS) is 10.9. The van der Waals surface area contributed by atoms with E-state index in [-0.39, 0.29) is 23.8 Å². The third-order valence-corrected chi connectivity index (χ3v) is 3.85. The molecule has 0 aliphatic heterocycles. The van der Waals surface area contributed by atoms with E-state index in [9.17, 15) is 13.6 Å². The fourth-order valence-corrected chi connectivity index (χ4v) is 2.46. The molecule has 0 fully saturated rings. The third-order valence-electron chi connectivity index (χ3n) is 3.85. The number of carbonyl (C=O) groups is 1. The molecule has 2 heterocycles. The van der Waals surface area contributed by atoms with E-state index in [2.05, 4.69) is 20.6 Å². The van der Waals surface area contributed by atoms with Crippen molar-refractivity contribution in [3.63, 3.8) is 0 Å². The summed E-state index contributed by atoms with van der Waals surface area (Å²) in [4.78, 5) is 16.3. The summed E-state index contributed by atoms with van der Waals surface area (Å²) in [5, 5.41) is 9.93. The number of amides is 1. The molecule has 1 aromatic carbocycles. The predicted octanol–water partition coefficient (Wildman–Crippen LogP) is 2.58. The smallest absolute Gasteiger partial charge is 0.333 e. The topological polar surface area (TPSA) is 104 Å². The van der Waals surface area contributed by atoms with E-state index in [1.807, 2.05) is 0 Å². The zero-order valence-corrected chi connectivity index (χ0v) is 15.3. The molecule has 0 unspecified atom stereocenters. The van der Waals surface area contributed by atoms with E-state index in [1.165, 1.54) is 27.2 Å². The van der Waals surface area contributed by atoms with Crippen LogP contribution in [-0.4, -0.2) is 40.0 Å². The zero-order valence-electron chi connectivity index (χ0n) is 15.3. The summed E-state index contributed by atoms with van der Waals surface area (Å²) in [5.74, 6) is 0.866. The maximum Gasteiger partial charge on any atom is 0.333 e. The molecule has 3 rings (SSSR count). The van der Waals surface area contributed by atoms with Crippen LogP contribution in [0, 0.1) is 6.92 Å². The summed E-state index contributed by atoms with van der Waals surface area (Å²) in [6.45, 7) is -1.47. The molecule has 0 spiro atoms. The van der Waals surface area contributed by atoms with Crippen molar-refractivity contribution in [1.29, 1.82) is 0 Å². The number of aromatic nitrogens is 4. The van der Waals surface area contributed by atoms with Gasteiger partial charge in [-0.2, -0.15) is 18.9 Å². The molecule has 1 N–H and O–H groups in total. The van der Waals surface area contributed by atoms with Gasteiger partial charge in [-0.3, -0.25) is 4.79 Å². The van der Waals surface area contributed by atoms with Crippen LogP contribution in [0.4, 0.5) is 8.78 Å². The molecule has 3 aromatic rings. The van der Waals surface area contributed by atoms with Gasteiger partial charge in [0.15, 0.2) is 17.2 Å². The SMILES string of the molecule is COc1ccc(-c2noc(CNC(=O)c3cc(C)n(C(F)F)n3)n2)cc1OC. The van der Waals surface area contributed by atoms with Crippen LogP contribution < -0.4 is 14.8 Å². The molecule has 0 saturated carbocycles. The minimum Gasteiger partial charge on any atom is -0.493 e. The Bertz CT molecular complexity index is 986. The van der Waals surface area contributed by atoms with Gasteiger partial charge >= 0.3 is 6.55 Å². The molecule has 0 saturated heterocycles. The van der Waals surface area contributed by atoms with Gasteiger partial charge in [-0.15, -0.1) is 0 Å². The maximum atomic E-state index is 12.7. The molecule has 0 bridgehead atoms.